The average molecular weight is 404 g/mol. The van der Waals surface area contributed by atoms with Crippen molar-refractivity contribution in [2.75, 3.05) is 5.32 Å². The lowest BCUT2D eigenvalue weighted by atomic mass is 10.1. The van der Waals surface area contributed by atoms with Gasteiger partial charge in [-0.25, -0.2) is 4.98 Å². The third-order valence-electron chi connectivity index (χ3n) is 4.41. The minimum Gasteiger partial charge on any atom is -0.438 e. The van der Waals surface area contributed by atoms with Crippen LogP contribution in [0.2, 0.25) is 0 Å². The molecule has 30 heavy (non-hydrogen) atoms. The fourth-order valence-corrected chi connectivity index (χ4v) is 2.74. The Labute approximate surface area is 175 Å². The van der Waals surface area contributed by atoms with Gasteiger partial charge < -0.3 is 20.6 Å². The van der Waals surface area contributed by atoms with E-state index < -0.39 is 6.10 Å². The number of ether oxygens (including phenoxy) is 1. The fourth-order valence-electron chi connectivity index (χ4n) is 2.74. The minimum atomic E-state index is -0.849. The number of benzene rings is 2. The molecule has 2 aromatic carbocycles. The van der Waals surface area contributed by atoms with Gasteiger partial charge in [-0.15, -0.1) is 0 Å². The molecule has 1 unspecified atom stereocenters. The molecule has 0 aliphatic heterocycles. The van der Waals surface area contributed by atoms with E-state index in [-0.39, 0.29) is 11.7 Å². The zero-order valence-corrected chi connectivity index (χ0v) is 17.1. The molecular weight excluding hydrogens is 380 g/mol. The summed E-state index contributed by atoms with van der Waals surface area (Å²) in [7, 11) is 0. The number of anilines is 1. The van der Waals surface area contributed by atoms with E-state index in [2.05, 4.69) is 15.5 Å². The number of hydrogen-bond donors (Lipinski definition) is 2. The Morgan fingerprint density at radius 2 is 1.73 bits per heavy atom. The van der Waals surface area contributed by atoms with E-state index in [9.17, 15) is 4.79 Å². The molecule has 0 aliphatic carbocycles. The van der Waals surface area contributed by atoms with Crippen LogP contribution in [-0.2, 0) is 9.63 Å². The third-order valence-corrected chi connectivity index (χ3v) is 4.41. The molecule has 0 fully saturated rings. The standard InChI is InChI=1S/C23H24N4O3/c1-15-9-7-10-16(2)20(15)26-22(28)17(3)30-27-21(24)19-13-8-14-25-23(19)29-18-11-5-4-6-12-18/h4-14,17H,1-3H3,(H2,24,27)(H,26,28). The predicted octanol–water partition coefficient (Wildman–Crippen LogP) is 4.15. The monoisotopic (exact) mass is 404 g/mol. The van der Waals surface area contributed by atoms with Crippen molar-refractivity contribution in [3.05, 3.63) is 83.6 Å². The maximum absolute atomic E-state index is 12.5. The SMILES string of the molecule is Cc1cccc(C)c1NC(=O)C(C)ON=C(N)c1cccnc1Oc1ccccc1. The Hall–Kier alpha value is -3.87. The van der Waals surface area contributed by atoms with Gasteiger partial charge in [-0.3, -0.25) is 4.79 Å². The molecule has 154 valence electrons. The summed E-state index contributed by atoms with van der Waals surface area (Å²) < 4.78 is 5.78. The van der Waals surface area contributed by atoms with Crippen molar-refractivity contribution >= 4 is 17.4 Å². The molecule has 1 heterocycles. The molecule has 3 N–H and O–H groups in total. The Balaban J connectivity index is 1.69. The fraction of sp³-hybridized carbons (Fsp3) is 0.174. The van der Waals surface area contributed by atoms with Gasteiger partial charge in [0.1, 0.15) is 5.75 Å². The van der Waals surface area contributed by atoms with Gasteiger partial charge in [-0.05, 0) is 56.2 Å². The molecule has 3 aromatic rings. The van der Waals surface area contributed by atoms with Crippen molar-refractivity contribution < 1.29 is 14.4 Å². The highest BCUT2D eigenvalue weighted by atomic mass is 16.6. The first-order valence-electron chi connectivity index (χ1n) is 9.50. The number of pyridine rings is 1. The number of amides is 1. The molecule has 0 spiro atoms. The normalized spacial score (nSPS) is 12.2. The van der Waals surface area contributed by atoms with E-state index in [4.69, 9.17) is 15.3 Å². The molecule has 0 saturated carbocycles. The number of hydrogen-bond acceptors (Lipinski definition) is 5. The summed E-state index contributed by atoms with van der Waals surface area (Å²) >= 11 is 0. The van der Waals surface area contributed by atoms with E-state index >= 15 is 0 Å². The van der Waals surface area contributed by atoms with Crippen molar-refractivity contribution in [1.82, 2.24) is 4.98 Å². The maximum Gasteiger partial charge on any atom is 0.268 e. The molecule has 0 saturated heterocycles. The number of carbonyl (C=O) groups excluding carboxylic acids is 1. The summed E-state index contributed by atoms with van der Waals surface area (Å²) in [5, 5.41) is 6.79. The van der Waals surface area contributed by atoms with E-state index in [0.717, 1.165) is 16.8 Å². The number of para-hydroxylation sites is 2. The second-order valence-electron chi connectivity index (χ2n) is 6.75. The molecular formula is C23H24N4O3. The molecule has 0 bridgehead atoms. The molecule has 3 rings (SSSR count). The number of nitrogens with zero attached hydrogens (tertiary/aromatic N) is 2. The summed E-state index contributed by atoms with van der Waals surface area (Å²) in [5.74, 6) is 0.644. The van der Waals surface area contributed by atoms with Gasteiger partial charge in [-0.2, -0.15) is 0 Å². The van der Waals surface area contributed by atoms with Crippen molar-refractivity contribution in [3.8, 4) is 11.6 Å². The van der Waals surface area contributed by atoms with Crippen LogP contribution in [0.5, 0.6) is 11.6 Å². The lowest BCUT2D eigenvalue weighted by molar-refractivity contribution is -0.126. The Kier molecular flexibility index (Phi) is 6.64. The van der Waals surface area contributed by atoms with Gasteiger partial charge in [0.2, 0.25) is 12.0 Å². The number of oxime groups is 1. The van der Waals surface area contributed by atoms with E-state index in [0.29, 0.717) is 17.2 Å². The third kappa shape index (κ3) is 5.14. The second-order valence-corrected chi connectivity index (χ2v) is 6.75. The number of amidine groups is 1. The number of nitrogens with two attached hydrogens (primary N) is 1. The Bertz CT molecular complexity index is 1030. The van der Waals surface area contributed by atoms with Crippen LogP contribution in [-0.4, -0.2) is 22.8 Å². The molecule has 7 nitrogen and oxygen atoms in total. The van der Waals surface area contributed by atoms with Crippen molar-refractivity contribution in [2.24, 2.45) is 10.9 Å². The number of carbonyl (C=O) groups is 1. The van der Waals surface area contributed by atoms with Crippen molar-refractivity contribution in [2.45, 2.75) is 26.9 Å². The summed E-state index contributed by atoms with van der Waals surface area (Å²) in [5.41, 5.74) is 9.24. The van der Waals surface area contributed by atoms with Crippen LogP contribution in [0.4, 0.5) is 5.69 Å². The molecule has 1 amide bonds. The van der Waals surface area contributed by atoms with Gasteiger partial charge >= 0.3 is 0 Å². The molecule has 1 atom stereocenters. The zero-order chi connectivity index (χ0) is 21.5. The van der Waals surface area contributed by atoms with Gasteiger partial charge in [0.05, 0.1) is 5.56 Å². The summed E-state index contributed by atoms with van der Waals surface area (Å²) in [6.07, 6.45) is 0.744. The van der Waals surface area contributed by atoms with Gasteiger partial charge in [-0.1, -0.05) is 41.6 Å². The van der Waals surface area contributed by atoms with Crippen LogP contribution in [0.25, 0.3) is 0 Å². The van der Waals surface area contributed by atoms with Crippen LogP contribution in [0.15, 0.2) is 72.0 Å². The Morgan fingerprint density at radius 1 is 1.03 bits per heavy atom. The molecule has 1 aromatic heterocycles. The topological polar surface area (TPSA) is 98.8 Å². The Morgan fingerprint density at radius 3 is 2.43 bits per heavy atom. The van der Waals surface area contributed by atoms with Gasteiger partial charge in [0.25, 0.3) is 5.91 Å². The predicted molar refractivity (Wildman–Crippen MR) is 117 cm³/mol. The molecule has 7 heteroatoms. The molecule has 0 radical (unpaired) electrons. The largest absolute Gasteiger partial charge is 0.438 e. The van der Waals surface area contributed by atoms with Gasteiger partial charge in [0, 0.05) is 11.9 Å². The van der Waals surface area contributed by atoms with E-state index in [1.165, 1.54) is 0 Å². The smallest absolute Gasteiger partial charge is 0.268 e. The molecule has 0 aliphatic rings. The second kappa shape index (κ2) is 9.56. The van der Waals surface area contributed by atoms with E-state index in [1.54, 1.807) is 25.3 Å². The van der Waals surface area contributed by atoms with Crippen LogP contribution in [0, 0.1) is 13.8 Å². The number of aryl methyl sites for hydroxylation is 2. The summed E-state index contributed by atoms with van der Waals surface area (Å²) in [4.78, 5) is 22.1. The van der Waals surface area contributed by atoms with Crippen LogP contribution in [0.3, 0.4) is 0 Å². The first-order chi connectivity index (χ1) is 14.5. The zero-order valence-electron chi connectivity index (χ0n) is 17.1. The van der Waals surface area contributed by atoms with Crippen molar-refractivity contribution in [3.63, 3.8) is 0 Å². The van der Waals surface area contributed by atoms with Crippen LogP contribution < -0.4 is 15.8 Å². The number of nitrogens with one attached hydrogen (secondary N) is 1. The van der Waals surface area contributed by atoms with Crippen LogP contribution >= 0.6 is 0 Å². The van der Waals surface area contributed by atoms with Gasteiger partial charge in [0.15, 0.2) is 5.84 Å². The van der Waals surface area contributed by atoms with E-state index in [1.807, 2.05) is 62.4 Å². The lowest BCUT2D eigenvalue weighted by Crippen LogP contribution is -2.28. The summed E-state index contributed by atoms with van der Waals surface area (Å²) in [6.45, 7) is 5.46. The van der Waals surface area contributed by atoms with Crippen molar-refractivity contribution in [1.29, 1.82) is 0 Å². The quantitative estimate of drug-likeness (QED) is 0.350. The highest BCUT2D eigenvalue weighted by Gasteiger charge is 2.17. The highest BCUT2D eigenvalue weighted by Crippen LogP contribution is 2.23. The minimum absolute atomic E-state index is 0.0563. The number of aromatic nitrogens is 1. The highest BCUT2D eigenvalue weighted by molar-refractivity contribution is 5.99. The summed E-state index contributed by atoms with van der Waals surface area (Å²) in [6, 6.07) is 18.5. The number of rotatable bonds is 7. The average Bonchev–Trinajstić information content (AvgIpc) is 2.75. The lowest BCUT2D eigenvalue weighted by Gasteiger charge is -2.15. The first-order valence-corrected chi connectivity index (χ1v) is 9.50. The maximum atomic E-state index is 12.5. The first kappa shape index (κ1) is 20.9. The van der Waals surface area contributed by atoms with Crippen LogP contribution in [0.1, 0.15) is 23.6 Å².